The molecule has 0 atom stereocenters. The van der Waals surface area contributed by atoms with E-state index in [1.165, 1.54) is 6.07 Å². The summed E-state index contributed by atoms with van der Waals surface area (Å²) in [5.41, 5.74) is 8.71. The van der Waals surface area contributed by atoms with Crippen molar-refractivity contribution in [3.05, 3.63) is 47.8 Å². The Bertz CT molecular complexity index is 795. The molecule has 0 amide bonds. The van der Waals surface area contributed by atoms with Gasteiger partial charge in [-0.15, -0.1) is 0 Å². The molecule has 0 unspecified atom stereocenters. The van der Waals surface area contributed by atoms with Gasteiger partial charge in [-0.05, 0) is 36.8 Å². The van der Waals surface area contributed by atoms with E-state index < -0.39 is 0 Å². The summed E-state index contributed by atoms with van der Waals surface area (Å²) in [6.45, 7) is 1.72. The first-order valence-electron chi connectivity index (χ1n) is 6.18. The van der Waals surface area contributed by atoms with Crippen molar-refractivity contribution in [3.63, 3.8) is 0 Å². The molecule has 2 aromatic carbocycles. The highest BCUT2D eigenvalue weighted by Crippen LogP contribution is 2.27. The van der Waals surface area contributed by atoms with E-state index in [0.29, 0.717) is 22.9 Å². The van der Waals surface area contributed by atoms with Crippen molar-refractivity contribution >= 4 is 17.0 Å². The minimum Gasteiger partial charge on any atom is -0.497 e. The minimum atomic E-state index is -0.272. The van der Waals surface area contributed by atoms with Gasteiger partial charge >= 0.3 is 0 Å². The highest BCUT2D eigenvalue weighted by molar-refractivity contribution is 5.82. The second-order valence-electron chi connectivity index (χ2n) is 4.59. The monoisotopic (exact) mass is 271 g/mol. The Balaban J connectivity index is 2.28. The number of nitrogens with zero attached hydrogens (tertiary/aromatic N) is 2. The fourth-order valence-electron chi connectivity index (χ4n) is 2.19. The molecule has 3 rings (SSSR count). The average Bonchev–Trinajstić information content (AvgIpc) is 2.77. The molecular formula is C15H14FN3O. The van der Waals surface area contributed by atoms with Crippen molar-refractivity contribution in [3.8, 4) is 11.4 Å². The molecule has 0 aliphatic heterocycles. The van der Waals surface area contributed by atoms with Gasteiger partial charge < -0.3 is 10.5 Å². The Hall–Kier alpha value is -2.56. The van der Waals surface area contributed by atoms with Gasteiger partial charge in [-0.1, -0.05) is 6.07 Å². The van der Waals surface area contributed by atoms with Crippen LogP contribution in [0.4, 0.5) is 10.3 Å². The molecule has 0 spiro atoms. The number of fused-ring (bicyclic) bond motifs is 1. The van der Waals surface area contributed by atoms with Gasteiger partial charge in [0.25, 0.3) is 0 Å². The van der Waals surface area contributed by atoms with E-state index in [1.54, 1.807) is 24.7 Å². The van der Waals surface area contributed by atoms with Crippen LogP contribution in [-0.2, 0) is 0 Å². The average molecular weight is 271 g/mol. The zero-order valence-electron chi connectivity index (χ0n) is 11.2. The lowest BCUT2D eigenvalue weighted by atomic mass is 10.2. The third-order valence-corrected chi connectivity index (χ3v) is 3.30. The normalized spacial score (nSPS) is 10.9. The SMILES string of the molecule is COc1ccc2nc(N)n(-c3ccc(C)c(F)c3)c2c1. The van der Waals surface area contributed by atoms with Crippen LogP contribution in [0.2, 0.25) is 0 Å². The summed E-state index contributed by atoms with van der Waals surface area (Å²) >= 11 is 0. The Kier molecular flexibility index (Phi) is 2.82. The molecule has 0 aliphatic carbocycles. The number of benzene rings is 2. The van der Waals surface area contributed by atoms with Crippen LogP contribution in [0.1, 0.15) is 5.56 Å². The van der Waals surface area contributed by atoms with Gasteiger partial charge in [0.1, 0.15) is 11.6 Å². The molecule has 0 bridgehead atoms. The number of hydrogen-bond acceptors (Lipinski definition) is 3. The number of nitrogens with two attached hydrogens (primary N) is 1. The van der Waals surface area contributed by atoms with Crippen LogP contribution in [0.25, 0.3) is 16.7 Å². The van der Waals surface area contributed by atoms with Crippen LogP contribution in [0.15, 0.2) is 36.4 Å². The van der Waals surface area contributed by atoms with Crippen LogP contribution >= 0.6 is 0 Å². The van der Waals surface area contributed by atoms with Crippen molar-refractivity contribution in [2.24, 2.45) is 0 Å². The molecule has 1 heterocycles. The molecule has 20 heavy (non-hydrogen) atoms. The summed E-state index contributed by atoms with van der Waals surface area (Å²) in [4.78, 5) is 4.28. The summed E-state index contributed by atoms with van der Waals surface area (Å²) in [5, 5.41) is 0. The van der Waals surface area contributed by atoms with Crippen LogP contribution in [0, 0.1) is 12.7 Å². The van der Waals surface area contributed by atoms with Gasteiger partial charge in [-0.25, -0.2) is 9.37 Å². The molecule has 3 aromatic rings. The number of ether oxygens (including phenoxy) is 1. The van der Waals surface area contributed by atoms with E-state index in [9.17, 15) is 4.39 Å². The first-order chi connectivity index (χ1) is 9.60. The lowest BCUT2D eigenvalue weighted by Gasteiger charge is -2.08. The zero-order chi connectivity index (χ0) is 14.3. The van der Waals surface area contributed by atoms with E-state index in [2.05, 4.69) is 4.98 Å². The first-order valence-corrected chi connectivity index (χ1v) is 6.18. The van der Waals surface area contributed by atoms with Crippen LogP contribution in [-0.4, -0.2) is 16.7 Å². The number of aromatic nitrogens is 2. The molecule has 4 nitrogen and oxygen atoms in total. The van der Waals surface area contributed by atoms with Crippen LogP contribution in [0.3, 0.4) is 0 Å². The molecule has 0 saturated carbocycles. The largest absolute Gasteiger partial charge is 0.497 e. The Labute approximate surface area is 115 Å². The fraction of sp³-hybridized carbons (Fsp3) is 0.133. The second-order valence-corrected chi connectivity index (χ2v) is 4.59. The standard InChI is InChI=1S/C15H14FN3O/c1-9-3-4-10(7-12(9)16)19-14-8-11(20-2)5-6-13(14)18-15(19)17/h3-8H,1-2H3,(H2,17,18). The highest BCUT2D eigenvalue weighted by atomic mass is 19.1. The first kappa shape index (κ1) is 12.5. The van der Waals surface area contributed by atoms with Gasteiger partial charge in [0.15, 0.2) is 0 Å². The van der Waals surface area contributed by atoms with E-state index in [1.807, 2.05) is 24.3 Å². The zero-order valence-corrected chi connectivity index (χ0v) is 11.2. The van der Waals surface area contributed by atoms with E-state index in [0.717, 1.165) is 11.0 Å². The summed E-state index contributed by atoms with van der Waals surface area (Å²) < 4.78 is 20.7. The maximum atomic E-state index is 13.7. The fourth-order valence-corrected chi connectivity index (χ4v) is 2.19. The third kappa shape index (κ3) is 1.87. The lowest BCUT2D eigenvalue weighted by Crippen LogP contribution is -2.01. The molecule has 0 fully saturated rings. The molecule has 2 N–H and O–H groups in total. The van der Waals surface area contributed by atoms with Gasteiger partial charge in [0, 0.05) is 6.07 Å². The number of halogens is 1. The van der Waals surface area contributed by atoms with Gasteiger partial charge in [0.2, 0.25) is 5.95 Å². The summed E-state index contributed by atoms with van der Waals surface area (Å²) in [5.74, 6) is 0.745. The highest BCUT2D eigenvalue weighted by Gasteiger charge is 2.12. The molecule has 0 radical (unpaired) electrons. The molecule has 0 saturated heterocycles. The van der Waals surface area contributed by atoms with Crippen molar-refractivity contribution in [2.75, 3.05) is 12.8 Å². The van der Waals surface area contributed by atoms with Crippen LogP contribution < -0.4 is 10.5 Å². The van der Waals surface area contributed by atoms with Crippen molar-refractivity contribution in [2.45, 2.75) is 6.92 Å². The third-order valence-electron chi connectivity index (χ3n) is 3.30. The predicted octanol–water partition coefficient (Wildman–Crippen LogP) is 3.06. The molecule has 0 aliphatic rings. The molecular weight excluding hydrogens is 257 g/mol. The molecule has 5 heteroatoms. The summed E-state index contributed by atoms with van der Waals surface area (Å²) in [7, 11) is 1.59. The number of aryl methyl sites for hydroxylation is 1. The lowest BCUT2D eigenvalue weighted by molar-refractivity contribution is 0.415. The van der Waals surface area contributed by atoms with Gasteiger partial charge in [-0.3, -0.25) is 4.57 Å². The van der Waals surface area contributed by atoms with Crippen molar-refractivity contribution in [1.29, 1.82) is 0 Å². The van der Waals surface area contributed by atoms with Crippen LogP contribution in [0.5, 0.6) is 5.75 Å². The Morgan fingerprint density at radius 2 is 2.00 bits per heavy atom. The Morgan fingerprint density at radius 3 is 2.70 bits per heavy atom. The van der Waals surface area contributed by atoms with E-state index in [4.69, 9.17) is 10.5 Å². The summed E-state index contributed by atoms with van der Waals surface area (Å²) in [6.07, 6.45) is 0. The maximum absolute atomic E-state index is 13.7. The molecule has 1 aromatic heterocycles. The summed E-state index contributed by atoms with van der Waals surface area (Å²) in [6, 6.07) is 10.5. The predicted molar refractivity (Wildman–Crippen MR) is 76.7 cm³/mol. The van der Waals surface area contributed by atoms with Gasteiger partial charge in [0.05, 0.1) is 23.8 Å². The number of rotatable bonds is 2. The number of nitrogen functional groups attached to an aromatic ring is 1. The van der Waals surface area contributed by atoms with Crippen molar-refractivity contribution in [1.82, 2.24) is 9.55 Å². The molecule has 102 valence electrons. The number of hydrogen-bond donors (Lipinski definition) is 1. The topological polar surface area (TPSA) is 53.1 Å². The quantitative estimate of drug-likeness (QED) is 0.779. The second kappa shape index (κ2) is 4.52. The number of imidazole rings is 1. The number of anilines is 1. The van der Waals surface area contributed by atoms with E-state index >= 15 is 0 Å². The van der Waals surface area contributed by atoms with Gasteiger partial charge in [-0.2, -0.15) is 0 Å². The minimum absolute atomic E-state index is 0.272. The number of methoxy groups -OCH3 is 1. The van der Waals surface area contributed by atoms with E-state index in [-0.39, 0.29) is 5.82 Å². The smallest absolute Gasteiger partial charge is 0.205 e. The Morgan fingerprint density at radius 1 is 1.20 bits per heavy atom. The maximum Gasteiger partial charge on any atom is 0.205 e. The van der Waals surface area contributed by atoms with Crippen molar-refractivity contribution < 1.29 is 9.13 Å².